The first-order chi connectivity index (χ1) is 12.8. The molecule has 0 fully saturated rings. The third-order valence-corrected chi connectivity index (χ3v) is 4.09. The Labute approximate surface area is 162 Å². The molecule has 5 nitrogen and oxygen atoms in total. The van der Waals surface area contributed by atoms with Crippen molar-refractivity contribution in [2.45, 2.75) is 33.4 Å². The van der Waals surface area contributed by atoms with Crippen LogP contribution in [0.2, 0.25) is 5.02 Å². The van der Waals surface area contributed by atoms with Crippen molar-refractivity contribution >= 4 is 29.1 Å². The molecule has 0 radical (unpaired) electrons. The number of hydrogen-bond acceptors (Lipinski definition) is 3. The van der Waals surface area contributed by atoms with E-state index in [-0.39, 0.29) is 30.2 Å². The summed E-state index contributed by atoms with van der Waals surface area (Å²) in [6.45, 7) is 5.22. The van der Waals surface area contributed by atoms with Gasteiger partial charge in [-0.1, -0.05) is 37.6 Å². The summed E-state index contributed by atoms with van der Waals surface area (Å²) >= 11 is 6.22. The number of nitrogens with one attached hydrogen (secondary N) is 2. The molecule has 1 atom stereocenters. The molecular weight excluding hydrogens is 371 g/mol. The van der Waals surface area contributed by atoms with Crippen molar-refractivity contribution in [3.05, 3.63) is 58.9 Å². The number of benzene rings is 2. The normalized spacial score (nSPS) is 11.8. The minimum absolute atomic E-state index is 0.0711. The smallest absolute Gasteiger partial charge is 0.247 e. The monoisotopic (exact) mass is 392 g/mol. The zero-order chi connectivity index (χ0) is 20.0. The summed E-state index contributed by atoms with van der Waals surface area (Å²) in [5.41, 5.74) is 1.16. The van der Waals surface area contributed by atoms with Crippen LogP contribution < -0.4 is 15.4 Å². The van der Waals surface area contributed by atoms with E-state index < -0.39 is 6.04 Å². The highest BCUT2D eigenvalue weighted by atomic mass is 35.5. The van der Waals surface area contributed by atoms with Crippen LogP contribution in [0.5, 0.6) is 5.75 Å². The van der Waals surface area contributed by atoms with Crippen molar-refractivity contribution in [1.82, 2.24) is 5.32 Å². The van der Waals surface area contributed by atoms with Gasteiger partial charge in [0.15, 0.2) is 0 Å². The molecular formula is C20H22ClFN2O3. The maximum Gasteiger partial charge on any atom is 0.247 e. The van der Waals surface area contributed by atoms with Gasteiger partial charge in [0.25, 0.3) is 0 Å². The zero-order valence-corrected chi connectivity index (χ0v) is 16.1. The number of anilines is 1. The van der Waals surface area contributed by atoms with Crippen LogP contribution in [0.4, 0.5) is 10.1 Å². The molecule has 2 amide bonds. The summed E-state index contributed by atoms with van der Waals surface area (Å²) < 4.78 is 18.8. The number of carbonyl (C=O) groups is 2. The van der Waals surface area contributed by atoms with Crippen LogP contribution in [-0.2, 0) is 16.2 Å². The Hall–Kier alpha value is -2.60. The minimum Gasteiger partial charge on any atom is -0.487 e. The van der Waals surface area contributed by atoms with Gasteiger partial charge < -0.3 is 15.4 Å². The Kier molecular flexibility index (Phi) is 7.19. The Morgan fingerprint density at radius 2 is 1.93 bits per heavy atom. The molecule has 0 unspecified atom stereocenters. The summed E-state index contributed by atoms with van der Waals surface area (Å²) in [5.74, 6) is -0.591. The molecule has 2 N–H and O–H groups in total. The van der Waals surface area contributed by atoms with E-state index in [1.54, 1.807) is 30.3 Å². The lowest BCUT2D eigenvalue weighted by Gasteiger charge is -2.21. The van der Waals surface area contributed by atoms with Crippen molar-refractivity contribution in [3.8, 4) is 5.75 Å². The van der Waals surface area contributed by atoms with E-state index in [9.17, 15) is 14.0 Å². The molecule has 0 saturated heterocycles. The van der Waals surface area contributed by atoms with Gasteiger partial charge in [0.1, 0.15) is 24.2 Å². The van der Waals surface area contributed by atoms with Crippen molar-refractivity contribution in [2.75, 3.05) is 5.32 Å². The van der Waals surface area contributed by atoms with Crippen LogP contribution in [-0.4, -0.2) is 17.9 Å². The number of amides is 2. The summed E-state index contributed by atoms with van der Waals surface area (Å²) in [7, 11) is 0. The van der Waals surface area contributed by atoms with Crippen molar-refractivity contribution in [3.63, 3.8) is 0 Å². The SMILES string of the molecule is CC(=O)N[C@@H](C(=O)Nc1ccc(OCc2cccc(F)c2)c(Cl)c1)C(C)C. The summed E-state index contributed by atoms with van der Waals surface area (Å²) in [5, 5.41) is 5.67. The molecule has 0 bridgehead atoms. The van der Waals surface area contributed by atoms with E-state index in [4.69, 9.17) is 16.3 Å². The third-order valence-electron chi connectivity index (χ3n) is 3.79. The Morgan fingerprint density at radius 1 is 1.19 bits per heavy atom. The van der Waals surface area contributed by atoms with Crippen LogP contribution in [0.1, 0.15) is 26.3 Å². The summed E-state index contributed by atoms with van der Waals surface area (Å²) in [4.78, 5) is 23.7. The minimum atomic E-state index is -0.648. The first-order valence-corrected chi connectivity index (χ1v) is 8.89. The highest BCUT2D eigenvalue weighted by Crippen LogP contribution is 2.28. The van der Waals surface area contributed by atoms with E-state index >= 15 is 0 Å². The van der Waals surface area contributed by atoms with E-state index in [0.717, 1.165) is 0 Å². The molecule has 144 valence electrons. The van der Waals surface area contributed by atoms with Crippen molar-refractivity contribution in [1.29, 1.82) is 0 Å². The zero-order valence-electron chi connectivity index (χ0n) is 15.4. The number of carbonyl (C=O) groups excluding carboxylic acids is 2. The molecule has 2 aromatic rings. The number of halogens is 2. The van der Waals surface area contributed by atoms with Gasteiger partial charge in [-0.05, 0) is 41.8 Å². The van der Waals surface area contributed by atoms with Gasteiger partial charge in [-0.3, -0.25) is 9.59 Å². The molecule has 0 aliphatic rings. The second kappa shape index (κ2) is 9.37. The standard InChI is InChI=1S/C20H22ClFN2O3/c1-12(2)19(23-13(3)25)20(26)24-16-7-8-18(17(21)10-16)27-11-14-5-4-6-15(22)9-14/h4-10,12,19H,11H2,1-3H3,(H,23,25)(H,24,26)/t19-/m1/s1. The van der Waals surface area contributed by atoms with Crippen LogP contribution in [0.25, 0.3) is 0 Å². The largest absolute Gasteiger partial charge is 0.487 e. The predicted octanol–water partition coefficient (Wildman–Crippen LogP) is 4.16. The van der Waals surface area contributed by atoms with E-state index in [1.807, 2.05) is 13.8 Å². The molecule has 0 spiro atoms. The Morgan fingerprint density at radius 3 is 2.52 bits per heavy atom. The first kappa shape index (κ1) is 20.7. The van der Waals surface area contributed by atoms with Crippen LogP contribution in [0, 0.1) is 11.7 Å². The molecule has 0 aliphatic carbocycles. The highest BCUT2D eigenvalue weighted by Gasteiger charge is 2.23. The number of ether oxygens (including phenoxy) is 1. The fourth-order valence-corrected chi connectivity index (χ4v) is 2.69. The van der Waals surface area contributed by atoms with E-state index in [0.29, 0.717) is 22.0 Å². The topological polar surface area (TPSA) is 67.4 Å². The fraction of sp³-hybridized carbons (Fsp3) is 0.300. The first-order valence-electron chi connectivity index (χ1n) is 8.51. The molecule has 2 aromatic carbocycles. The van der Waals surface area contributed by atoms with E-state index in [2.05, 4.69) is 10.6 Å². The molecule has 0 heterocycles. The Bertz CT molecular complexity index is 827. The third kappa shape index (κ3) is 6.25. The van der Waals surface area contributed by atoms with Crippen LogP contribution in [0.15, 0.2) is 42.5 Å². The Balaban J connectivity index is 2.02. The highest BCUT2D eigenvalue weighted by molar-refractivity contribution is 6.32. The average molecular weight is 393 g/mol. The second-order valence-corrected chi connectivity index (χ2v) is 6.88. The molecule has 0 aromatic heterocycles. The van der Waals surface area contributed by atoms with Gasteiger partial charge >= 0.3 is 0 Å². The lowest BCUT2D eigenvalue weighted by molar-refractivity contribution is -0.126. The van der Waals surface area contributed by atoms with E-state index in [1.165, 1.54) is 19.1 Å². The molecule has 2 rings (SSSR count). The van der Waals surface area contributed by atoms with Gasteiger partial charge in [0.05, 0.1) is 5.02 Å². The van der Waals surface area contributed by atoms with Crippen LogP contribution in [0.3, 0.4) is 0 Å². The molecule has 27 heavy (non-hydrogen) atoms. The van der Waals surface area contributed by atoms with Crippen molar-refractivity contribution in [2.24, 2.45) is 5.92 Å². The summed E-state index contributed by atoms with van der Waals surface area (Å²) in [6, 6.07) is 10.3. The number of hydrogen-bond donors (Lipinski definition) is 2. The van der Waals surface area contributed by atoms with Gasteiger partial charge in [-0.25, -0.2) is 4.39 Å². The van der Waals surface area contributed by atoms with Gasteiger partial charge in [0, 0.05) is 12.6 Å². The predicted molar refractivity (Wildman–Crippen MR) is 103 cm³/mol. The summed E-state index contributed by atoms with van der Waals surface area (Å²) in [6.07, 6.45) is 0. The molecule has 0 aliphatic heterocycles. The second-order valence-electron chi connectivity index (χ2n) is 6.48. The van der Waals surface area contributed by atoms with Gasteiger partial charge in [-0.2, -0.15) is 0 Å². The van der Waals surface area contributed by atoms with Gasteiger partial charge in [0.2, 0.25) is 11.8 Å². The molecule has 0 saturated carbocycles. The maximum absolute atomic E-state index is 13.2. The van der Waals surface area contributed by atoms with Crippen LogP contribution >= 0.6 is 11.6 Å². The van der Waals surface area contributed by atoms with Crippen molar-refractivity contribution < 1.29 is 18.7 Å². The average Bonchev–Trinajstić information content (AvgIpc) is 2.58. The maximum atomic E-state index is 13.2. The lowest BCUT2D eigenvalue weighted by atomic mass is 10.0. The number of rotatable bonds is 7. The quantitative estimate of drug-likeness (QED) is 0.743. The molecule has 7 heteroatoms. The fourth-order valence-electron chi connectivity index (χ4n) is 2.46. The van der Waals surface area contributed by atoms with Gasteiger partial charge in [-0.15, -0.1) is 0 Å². The lowest BCUT2D eigenvalue weighted by Crippen LogP contribution is -2.46.